The van der Waals surface area contributed by atoms with Gasteiger partial charge in [-0.05, 0) is 80.9 Å². The zero-order valence-electron chi connectivity index (χ0n) is 20.0. The van der Waals surface area contributed by atoms with Gasteiger partial charge in [0.1, 0.15) is 0 Å². The van der Waals surface area contributed by atoms with Crippen LogP contribution in [0, 0.1) is 6.92 Å². The van der Waals surface area contributed by atoms with Gasteiger partial charge in [0.2, 0.25) is 5.88 Å². The van der Waals surface area contributed by atoms with Crippen LogP contribution in [0.4, 0.5) is 5.69 Å². The summed E-state index contributed by atoms with van der Waals surface area (Å²) in [6.07, 6.45) is 1.65. The average Bonchev–Trinajstić information content (AvgIpc) is 3.18. The minimum atomic E-state index is -0.944. The van der Waals surface area contributed by atoms with E-state index >= 15 is 0 Å². The Balaban J connectivity index is 1.46. The molecular formula is C28H26N4O3S. The SMILES string of the molecule is C/C(=N\NC(=S)N1CCCc2cc(C(=O)O)ccc21)c1c(O)n(-c2ccc(C)cc2)c2ccccc12. The number of aryl methyl sites for hydroxylation is 2. The smallest absolute Gasteiger partial charge is 0.335 e. The highest BCUT2D eigenvalue weighted by atomic mass is 32.1. The molecule has 3 N–H and O–H groups in total. The van der Waals surface area contributed by atoms with Crippen molar-refractivity contribution in [2.75, 3.05) is 11.4 Å². The van der Waals surface area contributed by atoms with Crippen molar-refractivity contribution in [2.24, 2.45) is 5.10 Å². The zero-order chi connectivity index (χ0) is 25.4. The third-order valence-electron chi connectivity index (χ3n) is 6.51. The number of nitrogens with one attached hydrogen (secondary N) is 1. The lowest BCUT2D eigenvalue weighted by atomic mass is 9.99. The van der Waals surface area contributed by atoms with Crippen molar-refractivity contribution in [3.05, 3.63) is 89.0 Å². The number of aromatic hydroxyl groups is 1. The summed E-state index contributed by atoms with van der Waals surface area (Å²) < 4.78 is 1.82. The van der Waals surface area contributed by atoms with Gasteiger partial charge in [-0.3, -0.25) is 9.99 Å². The summed E-state index contributed by atoms with van der Waals surface area (Å²) in [6, 6.07) is 20.9. The molecule has 182 valence electrons. The van der Waals surface area contributed by atoms with E-state index in [9.17, 15) is 15.0 Å². The largest absolute Gasteiger partial charge is 0.494 e. The number of carboxylic acid groups (broad SMARTS) is 1. The quantitative estimate of drug-likeness (QED) is 0.198. The Labute approximate surface area is 214 Å². The molecule has 7 nitrogen and oxygen atoms in total. The molecule has 0 saturated heterocycles. The van der Waals surface area contributed by atoms with Gasteiger partial charge in [-0.1, -0.05) is 35.9 Å². The fourth-order valence-electron chi connectivity index (χ4n) is 4.73. The second-order valence-electron chi connectivity index (χ2n) is 8.90. The second-order valence-corrected chi connectivity index (χ2v) is 9.29. The maximum atomic E-state index is 11.4. The predicted octanol–water partition coefficient (Wildman–Crippen LogP) is 5.39. The van der Waals surface area contributed by atoms with Crippen LogP contribution in [-0.2, 0) is 6.42 Å². The third kappa shape index (κ3) is 4.20. The molecule has 1 aliphatic heterocycles. The highest BCUT2D eigenvalue weighted by molar-refractivity contribution is 7.80. The molecule has 4 aromatic rings. The van der Waals surface area contributed by atoms with E-state index in [1.54, 1.807) is 18.2 Å². The molecule has 3 aromatic carbocycles. The first kappa shape index (κ1) is 23.6. The topological polar surface area (TPSA) is 90.1 Å². The Hall–Kier alpha value is -4.17. The number of hydrazone groups is 1. The molecule has 0 unspecified atom stereocenters. The lowest BCUT2D eigenvalue weighted by molar-refractivity contribution is 0.0696. The summed E-state index contributed by atoms with van der Waals surface area (Å²) in [5.41, 5.74) is 9.20. The van der Waals surface area contributed by atoms with Crippen LogP contribution in [0.3, 0.4) is 0 Å². The van der Waals surface area contributed by atoms with Gasteiger partial charge in [-0.15, -0.1) is 0 Å². The first-order chi connectivity index (χ1) is 17.3. The van der Waals surface area contributed by atoms with Crippen molar-refractivity contribution in [2.45, 2.75) is 26.7 Å². The Bertz CT molecular complexity index is 1520. The third-order valence-corrected chi connectivity index (χ3v) is 6.82. The molecule has 1 aliphatic rings. The van der Waals surface area contributed by atoms with Crippen molar-refractivity contribution < 1.29 is 15.0 Å². The number of anilines is 1. The van der Waals surface area contributed by atoms with Gasteiger partial charge in [0.25, 0.3) is 0 Å². The Morgan fingerprint density at radius 2 is 1.83 bits per heavy atom. The number of hydrogen-bond acceptors (Lipinski definition) is 4. The van der Waals surface area contributed by atoms with Gasteiger partial charge >= 0.3 is 5.97 Å². The summed E-state index contributed by atoms with van der Waals surface area (Å²) in [4.78, 5) is 13.3. The molecule has 5 rings (SSSR count). The van der Waals surface area contributed by atoms with E-state index in [0.717, 1.165) is 46.2 Å². The molecule has 0 bridgehead atoms. The molecule has 2 heterocycles. The number of nitrogens with zero attached hydrogens (tertiary/aromatic N) is 3. The van der Waals surface area contributed by atoms with Gasteiger partial charge in [0.15, 0.2) is 5.11 Å². The number of rotatable bonds is 4. The molecule has 0 spiro atoms. The van der Waals surface area contributed by atoms with Crippen molar-refractivity contribution in [1.29, 1.82) is 0 Å². The van der Waals surface area contributed by atoms with E-state index < -0.39 is 5.97 Å². The number of fused-ring (bicyclic) bond motifs is 2. The minimum absolute atomic E-state index is 0.110. The number of aromatic nitrogens is 1. The summed E-state index contributed by atoms with van der Waals surface area (Å²) in [5, 5.41) is 26.4. The highest BCUT2D eigenvalue weighted by Crippen LogP contribution is 2.35. The molecule has 0 amide bonds. The summed E-state index contributed by atoms with van der Waals surface area (Å²) in [5.74, 6) is -0.834. The molecule has 0 aliphatic carbocycles. The number of hydrogen-bond donors (Lipinski definition) is 3. The van der Waals surface area contributed by atoms with Gasteiger partial charge < -0.3 is 15.1 Å². The maximum Gasteiger partial charge on any atom is 0.335 e. The fourth-order valence-corrected chi connectivity index (χ4v) is 4.96. The van der Waals surface area contributed by atoms with E-state index in [1.165, 1.54) is 0 Å². The number of aromatic carboxylic acids is 1. The molecule has 0 atom stereocenters. The average molecular weight is 499 g/mol. The van der Waals surface area contributed by atoms with Crippen LogP contribution in [0.25, 0.3) is 16.6 Å². The number of para-hydroxylation sites is 1. The van der Waals surface area contributed by atoms with Crippen LogP contribution < -0.4 is 10.3 Å². The van der Waals surface area contributed by atoms with E-state index in [1.807, 2.05) is 71.8 Å². The standard InChI is InChI=1S/C28H26N4O3S/c1-17-9-12-21(13-10-17)32-24-8-4-3-7-22(24)25(26(32)33)18(2)29-30-28(36)31-15-5-6-19-16-20(27(34)35)11-14-23(19)31/h3-4,7-14,16,33H,5-6,15H2,1-2H3,(H,30,36)(H,34,35)/b29-18+. The molecular weight excluding hydrogens is 472 g/mol. The summed E-state index contributed by atoms with van der Waals surface area (Å²) in [6.45, 7) is 4.57. The molecule has 0 saturated carbocycles. The van der Waals surface area contributed by atoms with Gasteiger partial charge in [0.05, 0.1) is 22.4 Å². The van der Waals surface area contributed by atoms with Gasteiger partial charge in [-0.2, -0.15) is 5.10 Å². The normalized spacial score (nSPS) is 13.5. The lowest BCUT2D eigenvalue weighted by Crippen LogP contribution is -2.41. The van der Waals surface area contributed by atoms with Crippen LogP contribution in [0.1, 0.15) is 40.4 Å². The molecule has 1 aromatic heterocycles. The number of thiocarbonyl (C=S) groups is 1. The molecule has 36 heavy (non-hydrogen) atoms. The van der Waals surface area contributed by atoms with Crippen molar-refractivity contribution in [3.63, 3.8) is 0 Å². The Morgan fingerprint density at radius 3 is 2.58 bits per heavy atom. The Kier molecular flexibility index (Phi) is 6.20. The number of carbonyl (C=O) groups is 1. The van der Waals surface area contributed by atoms with E-state index in [-0.39, 0.29) is 11.4 Å². The summed E-state index contributed by atoms with van der Waals surface area (Å²) in [7, 11) is 0. The fraction of sp³-hybridized carbons (Fsp3) is 0.179. The Morgan fingerprint density at radius 1 is 1.08 bits per heavy atom. The number of benzene rings is 3. The predicted molar refractivity (Wildman–Crippen MR) is 147 cm³/mol. The highest BCUT2D eigenvalue weighted by Gasteiger charge is 2.23. The lowest BCUT2D eigenvalue weighted by Gasteiger charge is -2.31. The first-order valence-electron chi connectivity index (χ1n) is 11.7. The van der Waals surface area contributed by atoms with Crippen LogP contribution in [0.15, 0.2) is 71.8 Å². The molecule has 0 radical (unpaired) electrons. The van der Waals surface area contributed by atoms with Crippen LogP contribution in [0.5, 0.6) is 5.88 Å². The summed E-state index contributed by atoms with van der Waals surface area (Å²) >= 11 is 5.65. The van der Waals surface area contributed by atoms with Crippen molar-refractivity contribution in [3.8, 4) is 11.6 Å². The van der Waals surface area contributed by atoms with E-state index in [2.05, 4.69) is 10.5 Å². The first-order valence-corrected chi connectivity index (χ1v) is 12.1. The van der Waals surface area contributed by atoms with Crippen LogP contribution in [-0.4, -0.2) is 38.1 Å². The van der Waals surface area contributed by atoms with Crippen LogP contribution >= 0.6 is 12.2 Å². The zero-order valence-corrected chi connectivity index (χ0v) is 20.8. The van der Waals surface area contributed by atoms with E-state index in [4.69, 9.17) is 12.2 Å². The van der Waals surface area contributed by atoms with E-state index in [0.29, 0.717) is 22.9 Å². The molecule has 8 heteroatoms. The maximum absolute atomic E-state index is 11.4. The monoisotopic (exact) mass is 498 g/mol. The number of carboxylic acids is 1. The van der Waals surface area contributed by atoms with Crippen LogP contribution in [0.2, 0.25) is 0 Å². The van der Waals surface area contributed by atoms with Crippen molar-refractivity contribution in [1.82, 2.24) is 9.99 Å². The van der Waals surface area contributed by atoms with Gasteiger partial charge in [0, 0.05) is 23.3 Å². The molecule has 0 fully saturated rings. The van der Waals surface area contributed by atoms with Crippen molar-refractivity contribution >= 4 is 45.6 Å². The second kappa shape index (κ2) is 9.47. The minimum Gasteiger partial charge on any atom is -0.494 e. The van der Waals surface area contributed by atoms with Gasteiger partial charge in [-0.25, -0.2) is 4.79 Å².